The maximum atomic E-state index is 11.7. The van der Waals surface area contributed by atoms with Gasteiger partial charge in [-0.15, -0.1) is 0 Å². The Morgan fingerprint density at radius 3 is 2.22 bits per heavy atom. The lowest BCUT2D eigenvalue weighted by molar-refractivity contribution is 0.122. The first-order valence-electron chi connectivity index (χ1n) is 10.8. The summed E-state index contributed by atoms with van der Waals surface area (Å²) in [5.41, 5.74) is 2.11. The Bertz CT molecular complexity index is 973. The smallest absolute Gasteiger partial charge is 0.407 e. The van der Waals surface area contributed by atoms with Crippen LogP contribution in [-0.2, 0) is 13.0 Å². The first-order chi connectivity index (χ1) is 15.4. The molecule has 0 fully saturated rings. The van der Waals surface area contributed by atoms with E-state index in [1.807, 2.05) is 81.4 Å². The predicted molar refractivity (Wildman–Crippen MR) is 124 cm³/mol. The Kier molecular flexibility index (Phi) is 8.08. The molecule has 0 aliphatic heterocycles. The molecule has 0 spiro atoms. The average Bonchev–Trinajstić information content (AvgIpc) is 2.78. The summed E-state index contributed by atoms with van der Waals surface area (Å²) in [5, 5.41) is 9.63. The normalized spacial score (nSPS) is 11.8. The first kappa shape index (κ1) is 23.1. The van der Waals surface area contributed by atoms with Gasteiger partial charge in [0.05, 0.1) is 12.3 Å². The first-order valence-corrected chi connectivity index (χ1v) is 10.8. The molecule has 6 nitrogen and oxygen atoms in total. The highest BCUT2D eigenvalue weighted by atomic mass is 16.5. The van der Waals surface area contributed by atoms with Gasteiger partial charge in [0.25, 0.3) is 0 Å². The lowest BCUT2D eigenvalue weighted by Gasteiger charge is -2.26. The largest absolute Gasteiger partial charge is 0.489 e. The average molecular weight is 435 g/mol. The van der Waals surface area contributed by atoms with Gasteiger partial charge in [0.15, 0.2) is 0 Å². The van der Waals surface area contributed by atoms with Crippen LogP contribution in [0.2, 0.25) is 0 Å². The molecule has 0 saturated carbocycles. The van der Waals surface area contributed by atoms with Gasteiger partial charge in [0.2, 0.25) is 5.88 Å². The topological polar surface area (TPSA) is 71.9 Å². The number of aromatic nitrogens is 1. The van der Waals surface area contributed by atoms with Crippen molar-refractivity contribution in [3.63, 3.8) is 0 Å². The minimum atomic E-state index is -0.901. The molecule has 0 saturated heterocycles. The van der Waals surface area contributed by atoms with Crippen molar-refractivity contribution >= 4 is 6.09 Å². The lowest BCUT2D eigenvalue weighted by atomic mass is 10.0. The van der Waals surface area contributed by atoms with Crippen molar-refractivity contribution in [3.05, 3.63) is 84.1 Å². The van der Waals surface area contributed by atoms with Gasteiger partial charge in [-0.2, -0.15) is 0 Å². The summed E-state index contributed by atoms with van der Waals surface area (Å²) < 4.78 is 11.4. The summed E-state index contributed by atoms with van der Waals surface area (Å²) in [6.45, 7) is 6.27. The van der Waals surface area contributed by atoms with Gasteiger partial charge >= 0.3 is 6.09 Å². The lowest BCUT2D eigenvalue weighted by Crippen LogP contribution is -2.37. The van der Waals surface area contributed by atoms with Crippen LogP contribution in [0.15, 0.2) is 72.9 Å². The SMILES string of the molecule is CC(C)Oc1ccc(Oc2ccc(CCC(C)N(Cc3ccccc3)C(=O)O)cc2)nc1. The van der Waals surface area contributed by atoms with E-state index in [1.165, 1.54) is 4.90 Å². The minimum Gasteiger partial charge on any atom is -0.489 e. The third-order valence-corrected chi connectivity index (χ3v) is 5.05. The molecular formula is C26H30N2O4. The Morgan fingerprint density at radius 2 is 1.62 bits per heavy atom. The van der Waals surface area contributed by atoms with E-state index < -0.39 is 6.09 Å². The van der Waals surface area contributed by atoms with Crippen LogP contribution in [0.25, 0.3) is 0 Å². The number of benzene rings is 2. The fourth-order valence-corrected chi connectivity index (χ4v) is 3.34. The summed E-state index contributed by atoms with van der Waals surface area (Å²) in [6.07, 6.45) is 2.36. The zero-order valence-electron chi connectivity index (χ0n) is 18.8. The van der Waals surface area contributed by atoms with Crippen LogP contribution in [0.3, 0.4) is 0 Å². The van der Waals surface area contributed by atoms with E-state index in [0.29, 0.717) is 23.9 Å². The van der Waals surface area contributed by atoms with Crippen molar-refractivity contribution < 1.29 is 19.4 Å². The third kappa shape index (κ3) is 7.01. The molecule has 0 aliphatic carbocycles. The number of carbonyl (C=O) groups is 1. The highest BCUT2D eigenvalue weighted by Crippen LogP contribution is 2.23. The molecule has 0 radical (unpaired) electrons. The fourth-order valence-electron chi connectivity index (χ4n) is 3.34. The van der Waals surface area contributed by atoms with E-state index in [1.54, 1.807) is 12.3 Å². The highest BCUT2D eigenvalue weighted by Gasteiger charge is 2.19. The number of rotatable bonds is 10. The summed E-state index contributed by atoms with van der Waals surface area (Å²) in [6, 6.07) is 21.0. The van der Waals surface area contributed by atoms with Crippen LogP contribution in [-0.4, -0.2) is 33.2 Å². The van der Waals surface area contributed by atoms with Crippen molar-refractivity contribution in [2.75, 3.05) is 0 Å². The maximum Gasteiger partial charge on any atom is 0.407 e. The number of ether oxygens (including phenoxy) is 2. The van der Waals surface area contributed by atoms with Gasteiger partial charge in [0.1, 0.15) is 11.5 Å². The molecular weight excluding hydrogens is 404 g/mol. The molecule has 3 rings (SSSR count). The van der Waals surface area contributed by atoms with Gasteiger partial charge < -0.3 is 19.5 Å². The fraction of sp³-hybridized carbons (Fsp3) is 0.308. The van der Waals surface area contributed by atoms with Gasteiger partial charge in [-0.05, 0) is 62.9 Å². The van der Waals surface area contributed by atoms with E-state index in [4.69, 9.17) is 9.47 Å². The molecule has 168 valence electrons. The number of aryl methyl sites for hydroxylation is 1. The molecule has 1 amide bonds. The minimum absolute atomic E-state index is 0.0970. The van der Waals surface area contributed by atoms with Crippen LogP contribution in [0.1, 0.15) is 38.3 Å². The van der Waals surface area contributed by atoms with Crippen molar-refractivity contribution in [3.8, 4) is 17.4 Å². The van der Waals surface area contributed by atoms with Crippen LogP contribution >= 0.6 is 0 Å². The van der Waals surface area contributed by atoms with E-state index >= 15 is 0 Å². The molecule has 1 atom stereocenters. The molecule has 6 heteroatoms. The van der Waals surface area contributed by atoms with Crippen LogP contribution in [0.4, 0.5) is 4.79 Å². The number of hydrogen-bond acceptors (Lipinski definition) is 4. The van der Waals surface area contributed by atoms with Crippen LogP contribution in [0, 0.1) is 0 Å². The Labute approximate surface area is 189 Å². The summed E-state index contributed by atoms with van der Waals surface area (Å²) in [5.74, 6) is 1.91. The standard InChI is InChI=1S/C26H30N2O4/c1-19(2)31-24-15-16-25(27-17-24)32-23-13-11-21(12-14-23)10-9-20(3)28(26(29)30)18-22-7-5-4-6-8-22/h4-8,11-17,19-20H,9-10,18H2,1-3H3,(H,29,30). The molecule has 1 unspecified atom stereocenters. The van der Waals surface area contributed by atoms with Gasteiger partial charge in [-0.1, -0.05) is 42.5 Å². The predicted octanol–water partition coefficient (Wildman–Crippen LogP) is 6.16. The monoisotopic (exact) mass is 434 g/mol. The van der Waals surface area contributed by atoms with Gasteiger partial charge in [-0.3, -0.25) is 0 Å². The van der Waals surface area contributed by atoms with Gasteiger partial charge in [-0.25, -0.2) is 9.78 Å². The van der Waals surface area contributed by atoms with E-state index in [-0.39, 0.29) is 12.1 Å². The maximum absolute atomic E-state index is 11.7. The van der Waals surface area contributed by atoms with Crippen molar-refractivity contribution in [1.82, 2.24) is 9.88 Å². The van der Waals surface area contributed by atoms with Crippen LogP contribution in [0.5, 0.6) is 17.4 Å². The molecule has 1 heterocycles. The van der Waals surface area contributed by atoms with Crippen molar-refractivity contribution in [2.24, 2.45) is 0 Å². The number of nitrogens with zero attached hydrogens (tertiary/aromatic N) is 2. The molecule has 0 aliphatic rings. The molecule has 1 N–H and O–H groups in total. The molecule has 0 bridgehead atoms. The summed E-state index contributed by atoms with van der Waals surface area (Å²) >= 11 is 0. The number of pyridine rings is 1. The van der Waals surface area contributed by atoms with E-state index in [9.17, 15) is 9.90 Å². The second-order valence-electron chi connectivity index (χ2n) is 8.03. The van der Waals surface area contributed by atoms with Crippen molar-refractivity contribution in [1.29, 1.82) is 0 Å². The zero-order valence-corrected chi connectivity index (χ0v) is 18.8. The molecule has 3 aromatic rings. The van der Waals surface area contributed by atoms with Crippen molar-refractivity contribution in [2.45, 2.75) is 52.3 Å². The number of hydrogen-bond donors (Lipinski definition) is 1. The Morgan fingerprint density at radius 1 is 0.938 bits per heavy atom. The zero-order chi connectivity index (χ0) is 22.9. The second-order valence-corrected chi connectivity index (χ2v) is 8.03. The number of amides is 1. The third-order valence-electron chi connectivity index (χ3n) is 5.05. The molecule has 1 aromatic heterocycles. The van der Waals surface area contributed by atoms with E-state index in [2.05, 4.69) is 4.98 Å². The Hall–Kier alpha value is -3.54. The Balaban J connectivity index is 1.52. The quantitative estimate of drug-likeness (QED) is 0.414. The molecule has 32 heavy (non-hydrogen) atoms. The molecule has 2 aromatic carbocycles. The number of carboxylic acid groups (broad SMARTS) is 1. The summed E-state index contributed by atoms with van der Waals surface area (Å²) in [4.78, 5) is 17.5. The second kappa shape index (κ2) is 11.2. The van der Waals surface area contributed by atoms with Crippen LogP contribution < -0.4 is 9.47 Å². The van der Waals surface area contributed by atoms with Gasteiger partial charge in [0, 0.05) is 18.7 Å². The van der Waals surface area contributed by atoms with E-state index in [0.717, 1.165) is 24.0 Å². The summed E-state index contributed by atoms with van der Waals surface area (Å²) in [7, 11) is 0. The highest BCUT2D eigenvalue weighted by molar-refractivity contribution is 5.65.